The van der Waals surface area contributed by atoms with E-state index in [4.69, 9.17) is 0 Å². The van der Waals surface area contributed by atoms with Gasteiger partial charge in [0.25, 0.3) is 0 Å². The van der Waals surface area contributed by atoms with Gasteiger partial charge < -0.3 is 0 Å². The van der Waals surface area contributed by atoms with E-state index in [2.05, 4.69) is 9.97 Å². The summed E-state index contributed by atoms with van der Waals surface area (Å²) < 4.78 is 0. The topological polar surface area (TPSA) is 42.9 Å². The molecule has 2 aromatic heterocycles. The third-order valence-electron chi connectivity index (χ3n) is 2.83. The summed E-state index contributed by atoms with van der Waals surface area (Å²) in [7, 11) is 0. The van der Waals surface area contributed by atoms with Crippen LogP contribution in [0.1, 0.15) is 21.1 Å². The van der Waals surface area contributed by atoms with Crippen molar-refractivity contribution in [3.05, 3.63) is 57.4 Å². The fourth-order valence-corrected chi connectivity index (χ4v) is 3.31. The molecule has 0 spiro atoms. The first-order valence-corrected chi connectivity index (χ1v) is 7.93. The Morgan fingerprint density at radius 1 is 1.10 bits per heavy atom. The van der Waals surface area contributed by atoms with Crippen LogP contribution < -0.4 is 0 Å². The number of Topliss-reactive ketones (excluding diaryl/α,β-unsaturated/α-hetero) is 1. The Hall–Kier alpha value is -1.85. The summed E-state index contributed by atoms with van der Waals surface area (Å²) in [5.41, 5.74) is 2.44. The van der Waals surface area contributed by atoms with E-state index in [1.807, 2.05) is 48.0 Å². The number of rotatable bonds is 4. The molecule has 3 aromatic rings. The Bertz CT molecular complexity index is 731. The fourth-order valence-electron chi connectivity index (χ4n) is 1.86. The predicted molar refractivity (Wildman–Crippen MR) is 82.4 cm³/mol. The molecule has 0 aliphatic heterocycles. The molecular weight excluding hydrogens is 288 g/mol. The van der Waals surface area contributed by atoms with Crippen LogP contribution in [0.4, 0.5) is 0 Å². The highest BCUT2D eigenvalue weighted by molar-refractivity contribution is 7.14. The molecular formula is C15H12N2OS2. The number of ketones is 1. The van der Waals surface area contributed by atoms with E-state index in [1.54, 1.807) is 11.3 Å². The van der Waals surface area contributed by atoms with E-state index in [0.717, 1.165) is 27.0 Å². The molecule has 0 aliphatic rings. The van der Waals surface area contributed by atoms with Gasteiger partial charge in [-0.2, -0.15) is 0 Å². The van der Waals surface area contributed by atoms with Crippen molar-refractivity contribution in [2.45, 2.75) is 13.3 Å². The van der Waals surface area contributed by atoms with Gasteiger partial charge in [-0.05, 0) is 6.92 Å². The molecule has 0 bridgehead atoms. The number of hydrogen-bond donors (Lipinski definition) is 0. The number of carbonyl (C=O) groups excluding carboxylic acids is 1. The van der Waals surface area contributed by atoms with Gasteiger partial charge in [-0.3, -0.25) is 4.79 Å². The Morgan fingerprint density at radius 2 is 1.90 bits per heavy atom. The Morgan fingerprint density at radius 3 is 2.60 bits per heavy atom. The molecule has 3 nitrogen and oxygen atoms in total. The Balaban J connectivity index is 1.76. The molecule has 0 saturated heterocycles. The number of nitrogens with zero attached hydrogens (tertiary/aromatic N) is 2. The van der Waals surface area contributed by atoms with Gasteiger partial charge in [-0.15, -0.1) is 22.7 Å². The molecule has 0 amide bonds. The number of thiazole rings is 2. The van der Waals surface area contributed by atoms with E-state index in [9.17, 15) is 4.79 Å². The summed E-state index contributed by atoms with van der Waals surface area (Å²) in [5, 5.41) is 5.84. The number of hydrogen-bond acceptors (Lipinski definition) is 5. The Kier molecular flexibility index (Phi) is 3.71. The minimum Gasteiger partial charge on any atom is -0.294 e. The maximum absolute atomic E-state index is 12.1. The SMILES string of the molecule is Cc1nc(-c2nc(CC(=O)c3ccccc3)cs2)cs1. The lowest BCUT2D eigenvalue weighted by Crippen LogP contribution is -2.03. The van der Waals surface area contributed by atoms with Gasteiger partial charge in [-0.25, -0.2) is 9.97 Å². The largest absolute Gasteiger partial charge is 0.294 e. The first kappa shape index (κ1) is 13.1. The van der Waals surface area contributed by atoms with E-state index in [1.165, 1.54) is 11.3 Å². The zero-order valence-electron chi connectivity index (χ0n) is 10.9. The average molecular weight is 300 g/mol. The van der Waals surface area contributed by atoms with E-state index < -0.39 is 0 Å². The lowest BCUT2D eigenvalue weighted by molar-refractivity contribution is 0.0992. The van der Waals surface area contributed by atoms with Gasteiger partial charge in [-0.1, -0.05) is 30.3 Å². The van der Waals surface area contributed by atoms with Gasteiger partial charge in [0, 0.05) is 16.3 Å². The minimum atomic E-state index is 0.0944. The third kappa shape index (κ3) is 2.84. The molecule has 0 fully saturated rings. The van der Waals surface area contributed by atoms with Gasteiger partial charge in [0.05, 0.1) is 17.1 Å². The van der Waals surface area contributed by atoms with Crippen LogP contribution in [0.5, 0.6) is 0 Å². The van der Waals surface area contributed by atoms with Gasteiger partial charge >= 0.3 is 0 Å². The summed E-state index contributed by atoms with van der Waals surface area (Å²) in [5.74, 6) is 0.0944. The number of aromatic nitrogens is 2. The minimum absolute atomic E-state index is 0.0944. The van der Waals surface area contributed by atoms with Crippen molar-refractivity contribution in [2.24, 2.45) is 0 Å². The van der Waals surface area contributed by atoms with Gasteiger partial charge in [0.1, 0.15) is 10.7 Å². The van der Waals surface area contributed by atoms with Crippen molar-refractivity contribution in [1.29, 1.82) is 0 Å². The molecule has 3 rings (SSSR count). The molecule has 0 N–H and O–H groups in total. The monoisotopic (exact) mass is 300 g/mol. The second-order valence-electron chi connectivity index (χ2n) is 4.36. The maximum atomic E-state index is 12.1. The van der Waals surface area contributed by atoms with Crippen LogP contribution in [0.3, 0.4) is 0 Å². The molecule has 0 unspecified atom stereocenters. The van der Waals surface area contributed by atoms with Crippen LogP contribution >= 0.6 is 22.7 Å². The molecule has 100 valence electrons. The molecule has 5 heteroatoms. The van der Waals surface area contributed by atoms with Crippen LogP contribution in [0.25, 0.3) is 10.7 Å². The van der Waals surface area contributed by atoms with Crippen molar-refractivity contribution in [1.82, 2.24) is 9.97 Å². The second-order valence-corrected chi connectivity index (χ2v) is 6.28. The highest BCUT2D eigenvalue weighted by Crippen LogP contribution is 2.25. The lowest BCUT2D eigenvalue weighted by atomic mass is 10.1. The zero-order valence-corrected chi connectivity index (χ0v) is 12.5. The molecule has 0 radical (unpaired) electrons. The van der Waals surface area contributed by atoms with Gasteiger partial charge in [0.2, 0.25) is 0 Å². The highest BCUT2D eigenvalue weighted by atomic mass is 32.1. The number of aryl methyl sites for hydroxylation is 1. The predicted octanol–water partition coefficient (Wildman–Crippen LogP) is 4.00. The van der Waals surface area contributed by atoms with Gasteiger partial charge in [0.15, 0.2) is 5.78 Å². The molecule has 2 heterocycles. The van der Waals surface area contributed by atoms with Crippen LogP contribution in [0, 0.1) is 6.92 Å². The zero-order chi connectivity index (χ0) is 13.9. The first-order chi connectivity index (χ1) is 9.72. The summed E-state index contributed by atoms with van der Waals surface area (Å²) in [6, 6.07) is 9.32. The van der Waals surface area contributed by atoms with Crippen LogP contribution in [-0.2, 0) is 6.42 Å². The van der Waals surface area contributed by atoms with Crippen molar-refractivity contribution < 1.29 is 4.79 Å². The molecule has 20 heavy (non-hydrogen) atoms. The summed E-state index contributed by atoms with van der Waals surface area (Å²) >= 11 is 3.14. The van der Waals surface area contributed by atoms with Crippen molar-refractivity contribution in [3.8, 4) is 10.7 Å². The lowest BCUT2D eigenvalue weighted by Gasteiger charge is -1.97. The molecule has 1 aromatic carbocycles. The summed E-state index contributed by atoms with van der Waals surface area (Å²) in [6.07, 6.45) is 0.337. The smallest absolute Gasteiger partial charge is 0.168 e. The summed E-state index contributed by atoms with van der Waals surface area (Å²) in [6.45, 7) is 1.97. The Labute approximate surface area is 125 Å². The number of carbonyl (C=O) groups is 1. The first-order valence-electron chi connectivity index (χ1n) is 6.17. The fraction of sp³-hybridized carbons (Fsp3) is 0.133. The van der Waals surface area contributed by atoms with E-state index >= 15 is 0 Å². The molecule has 0 saturated carbocycles. The van der Waals surface area contributed by atoms with Crippen molar-refractivity contribution >= 4 is 28.5 Å². The summed E-state index contributed by atoms with van der Waals surface area (Å²) in [4.78, 5) is 21.0. The highest BCUT2D eigenvalue weighted by Gasteiger charge is 2.12. The van der Waals surface area contributed by atoms with Crippen LogP contribution in [-0.4, -0.2) is 15.8 Å². The van der Waals surface area contributed by atoms with Crippen LogP contribution in [0.15, 0.2) is 41.1 Å². The third-order valence-corrected chi connectivity index (χ3v) is 4.51. The van der Waals surface area contributed by atoms with Crippen molar-refractivity contribution in [2.75, 3.05) is 0 Å². The van der Waals surface area contributed by atoms with Crippen molar-refractivity contribution in [3.63, 3.8) is 0 Å². The average Bonchev–Trinajstić information content (AvgIpc) is 3.09. The standard InChI is InChI=1S/C15H12N2OS2/c1-10-16-13(9-19-10)15-17-12(8-20-15)7-14(18)11-5-3-2-4-6-11/h2-6,8-9H,7H2,1H3. The maximum Gasteiger partial charge on any atom is 0.168 e. The molecule has 0 atom stereocenters. The number of benzene rings is 1. The van der Waals surface area contributed by atoms with E-state index in [0.29, 0.717) is 6.42 Å². The van der Waals surface area contributed by atoms with E-state index in [-0.39, 0.29) is 5.78 Å². The molecule has 0 aliphatic carbocycles. The second kappa shape index (κ2) is 5.64. The quantitative estimate of drug-likeness (QED) is 0.684. The van der Waals surface area contributed by atoms with Crippen LogP contribution in [0.2, 0.25) is 0 Å². The normalized spacial score (nSPS) is 10.7.